The molecule has 0 aromatic heterocycles. The molecule has 0 fully saturated rings. The molecule has 0 saturated carbocycles. The van der Waals surface area contributed by atoms with Crippen molar-refractivity contribution >= 4 is 0 Å². The highest BCUT2D eigenvalue weighted by atomic mass is 16.5. The molecule has 1 unspecified atom stereocenters. The van der Waals surface area contributed by atoms with Crippen LogP contribution in [0, 0.1) is 5.92 Å². The Labute approximate surface area is 56.0 Å². The molecule has 0 amide bonds. The van der Waals surface area contributed by atoms with Crippen LogP contribution in [0.2, 0.25) is 0 Å². The lowest BCUT2D eigenvalue weighted by atomic mass is 10.0. The van der Waals surface area contributed by atoms with Gasteiger partial charge in [-0.05, 0) is 0 Å². The van der Waals surface area contributed by atoms with E-state index < -0.39 is 0 Å². The van der Waals surface area contributed by atoms with Gasteiger partial charge in [0.15, 0.2) is 0 Å². The van der Waals surface area contributed by atoms with Gasteiger partial charge in [-0.15, -0.1) is 0 Å². The van der Waals surface area contributed by atoms with Crippen LogP contribution in [0.3, 0.4) is 0 Å². The Morgan fingerprint density at radius 2 is 1.89 bits per heavy atom. The van der Waals surface area contributed by atoms with Gasteiger partial charge in [-0.25, -0.2) is 0 Å². The molecule has 0 radical (unpaired) electrons. The van der Waals surface area contributed by atoms with E-state index in [0.29, 0.717) is 5.92 Å². The third kappa shape index (κ3) is 1.42. The van der Waals surface area contributed by atoms with E-state index in [2.05, 4.69) is 25.2 Å². The maximum Gasteiger partial charge on any atom is 0.0815 e. The minimum Gasteiger partial charge on any atom is -0.377 e. The summed E-state index contributed by atoms with van der Waals surface area (Å²) < 4.78 is 5.17. The molecule has 0 aromatic rings. The van der Waals surface area contributed by atoms with Crippen molar-refractivity contribution in [3.8, 4) is 0 Å². The molecular formula is C8H12O. The van der Waals surface area contributed by atoms with E-state index in [-0.39, 0.29) is 6.10 Å². The number of rotatable bonds is 1. The van der Waals surface area contributed by atoms with Crippen molar-refractivity contribution in [1.82, 2.24) is 0 Å². The summed E-state index contributed by atoms with van der Waals surface area (Å²) in [7, 11) is 1.74. The van der Waals surface area contributed by atoms with Gasteiger partial charge in [-0.1, -0.05) is 31.2 Å². The summed E-state index contributed by atoms with van der Waals surface area (Å²) in [4.78, 5) is 0. The maximum absolute atomic E-state index is 5.17. The predicted octanol–water partition coefficient (Wildman–Crippen LogP) is 1.76. The van der Waals surface area contributed by atoms with Gasteiger partial charge in [-0.2, -0.15) is 0 Å². The van der Waals surface area contributed by atoms with Crippen molar-refractivity contribution in [3.63, 3.8) is 0 Å². The third-order valence-electron chi connectivity index (χ3n) is 1.62. The van der Waals surface area contributed by atoms with E-state index in [1.165, 1.54) is 0 Å². The van der Waals surface area contributed by atoms with Gasteiger partial charge in [0.05, 0.1) is 6.10 Å². The largest absolute Gasteiger partial charge is 0.377 e. The smallest absolute Gasteiger partial charge is 0.0815 e. The first-order valence-corrected chi connectivity index (χ1v) is 3.22. The molecule has 0 N–H and O–H groups in total. The number of methoxy groups -OCH3 is 1. The maximum atomic E-state index is 5.17. The first-order valence-electron chi connectivity index (χ1n) is 3.22. The van der Waals surface area contributed by atoms with E-state index in [9.17, 15) is 0 Å². The van der Waals surface area contributed by atoms with Crippen LogP contribution < -0.4 is 0 Å². The predicted molar refractivity (Wildman–Crippen MR) is 38.2 cm³/mol. The second-order valence-corrected chi connectivity index (χ2v) is 2.33. The van der Waals surface area contributed by atoms with Crippen molar-refractivity contribution in [3.05, 3.63) is 24.3 Å². The minimum absolute atomic E-state index is 0.287. The van der Waals surface area contributed by atoms with Gasteiger partial charge in [0.1, 0.15) is 0 Å². The Bertz CT molecular complexity index is 136. The first-order chi connectivity index (χ1) is 4.34. The molecule has 0 spiro atoms. The monoisotopic (exact) mass is 124 g/mol. The summed E-state index contributed by atoms with van der Waals surface area (Å²) in [5.41, 5.74) is 0. The summed E-state index contributed by atoms with van der Waals surface area (Å²) in [5, 5.41) is 0. The number of hydrogen-bond acceptors (Lipinski definition) is 1. The van der Waals surface area contributed by atoms with Crippen molar-refractivity contribution < 1.29 is 4.74 Å². The highest BCUT2D eigenvalue weighted by Gasteiger charge is 2.11. The zero-order valence-corrected chi connectivity index (χ0v) is 5.87. The van der Waals surface area contributed by atoms with Crippen molar-refractivity contribution in [1.29, 1.82) is 0 Å². The zero-order chi connectivity index (χ0) is 6.69. The van der Waals surface area contributed by atoms with Crippen molar-refractivity contribution in [2.75, 3.05) is 7.11 Å². The molecule has 0 aromatic carbocycles. The summed E-state index contributed by atoms with van der Waals surface area (Å²) in [5.74, 6) is 0.528. The fraction of sp³-hybridized carbons (Fsp3) is 0.500. The molecule has 1 heteroatoms. The molecule has 1 aliphatic rings. The molecular weight excluding hydrogens is 112 g/mol. The molecule has 0 saturated heterocycles. The third-order valence-corrected chi connectivity index (χ3v) is 1.62. The van der Waals surface area contributed by atoms with Crippen LogP contribution in [0.15, 0.2) is 24.3 Å². The Kier molecular flexibility index (Phi) is 2.06. The molecule has 0 heterocycles. The van der Waals surface area contributed by atoms with Crippen LogP contribution in [-0.4, -0.2) is 13.2 Å². The average molecular weight is 124 g/mol. The van der Waals surface area contributed by atoms with Crippen LogP contribution in [0.1, 0.15) is 6.92 Å². The number of ether oxygens (including phenoxy) is 1. The van der Waals surface area contributed by atoms with Crippen LogP contribution >= 0.6 is 0 Å². The summed E-state index contributed by atoms with van der Waals surface area (Å²) in [6.07, 6.45) is 8.59. The normalized spacial score (nSPS) is 33.1. The lowest BCUT2D eigenvalue weighted by molar-refractivity contribution is 0.112. The first kappa shape index (κ1) is 6.56. The van der Waals surface area contributed by atoms with Crippen LogP contribution in [0.4, 0.5) is 0 Å². The Hall–Kier alpha value is -0.560. The van der Waals surface area contributed by atoms with Gasteiger partial charge < -0.3 is 4.74 Å². The Morgan fingerprint density at radius 1 is 1.22 bits per heavy atom. The van der Waals surface area contributed by atoms with E-state index in [1.807, 2.05) is 6.08 Å². The second-order valence-electron chi connectivity index (χ2n) is 2.33. The Morgan fingerprint density at radius 3 is 2.33 bits per heavy atom. The summed E-state index contributed by atoms with van der Waals surface area (Å²) in [6, 6.07) is 0. The fourth-order valence-corrected chi connectivity index (χ4v) is 0.991. The highest BCUT2D eigenvalue weighted by molar-refractivity contribution is 5.14. The van der Waals surface area contributed by atoms with E-state index in [0.717, 1.165) is 0 Å². The lowest BCUT2D eigenvalue weighted by Crippen LogP contribution is -2.17. The average Bonchev–Trinajstić information content (AvgIpc) is 1.89. The van der Waals surface area contributed by atoms with Crippen molar-refractivity contribution in [2.45, 2.75) is 13.0 Å². The van der Waals surface area contributed by atoms with Crippen LogP contribution in [0.25, 0.3) is 0 Å². The standard InChI is InChI=1S/C8H12O/c1-7-5-3-4-6-8(7)9-2/h3-8H,1-2H3/t7-,8?/m1/s1. The minimum atomic E-state index is 0.287. The van der Waals surface area contributed by atoms with E-state index in [4.69, 9.17) is 4.74 Å². The fourth-order valence-electron chi connectivity index (χ4n) is 0.991. The van der Waals surface area contributed by atoms with Crippen LogP contribution in [0.5, 0.6) is 0 Å². The Balaban J connectivity index is 2.55. The molecule has 1 nitrogen and oxygen atoms in total. The summed E-state index contributed by atoms with van der Waals surface area (Å²) >= 11 is 0. The molecule has 1 aliphatic carbocycles. The summed E-state index contributed by atoms with van der Waals surface area (Å²) in [6.45, 7) is 2.15. The quantitative estimate of drug-likeness (QED) is 0.517. The van der Waals surface area contributed by atoms with Crippen molar-refractivity contribution in [2.24, 2.45) is 5.92 Å². The van der Waals surface area contributed by atoms with Gasteiger partial charge >= 0.3 is 0 Å². The van der Waals surface area contributed by atoms with E-state index in [1.54, 1.807) is 7.11 Å². The molecule has 9 heavy (non-hydrogen) atoms. The number of allylic oxidation sites excluding steroid dienone is 2. The lowest BCUT2D eigenvalue weighted by Gasteiger charge is -2.17. The van der Waals surface area contributed by atoms with Gasteiger partial charge in [0.25, 0.3) is 0 Å². The molecule has 2 atom stereocenters. The molecule has 0 aliphatic heterocycles. The van der Waals surface area contributed by atoms with Gasteiger partial charge in [0, 0.05) is 13.0 Å². The van der Waals surface area contributed by atoms with Gasteiger partial charge in [0.2, 0.25) is 0 Å². The van der Waals surface area contributed by atoms with E-state index >= 15 is 0 Å². The molecule has 50 valence electrons. The van der Waals surface area contributed by atoms with Gasteiger partial charge in [-0.3, -0.25) is 0 Å². The number of hydrogen-bond donors (Lipinski definition) is 0. The SMILES string of the molecule is COC1C=CC=C[C@H]1C. The topological polar surface area (TPSA) is 9.23 Å². The second kappa shape index (κ2) is 2.83. The zero-order valence-electron chi connectivity index (χ0n) is 5.87. The molecule has 1 rings (SSSR count). The molecule has 0 bridgehead atoms. The van der Waals surface area contributed by atoms with Crippen LogP contribution in [-0.2, 0) is 4.74 Å². The highest BCUT2D eigenvalue weighted by Crippen LogP contribution is 2.13.